The van der Waals surface area contributed by atoms with E-state index in [9.17, 15) is 13.2 Å². The number of rotatable bonds is 1. The van der Waals surface area contributed by atoms with Crippen LogP contribution >= 0.6 is 0 Å². The molecule has 1 aromatic carbocycles. The molecule has 1 saturated heterocycles. The first-order valence-electron chi connectivity index (χ1n) is 6.45. The predicted molar refractivity (Wildman–Crippen MR) is 71.9 cm³/mol. The molecule has 3 nitrogen and oxygen atoms in total. The van der Waals surface area contributed by atoms with Crippen molar-refractivity contribution in [1.29, 1.82) is 5.26 Å². The van der Waals surface area contributed by atoms with Gasteiger partial charge in [-0.15, -0.1) is 0 Å². The third-order valence-electron chi connectivity index (χ3n) is 4.01. The fraction of sp³-hybridized carbons (Fsp3) is 0.500. The summed E-state index contributed by atoms with van der Waals surface area (Å²) in [6, 6.07) is 4.82. The summed E-state index contributed by atoms with van der Waals surface area (Å²) in [6.45, 7) is 7.19. The zero-order valence-electron chi connectivity index (χ0n) is 12.2. The van der Waals surface area contributed by atoms with Crippen molar-refractivity contribution in [3.05, 3.63) is 29.3 Å². The Balaban J connectivity index is 2.47. The topological polar surface area (TPSA) is 42.2 Å². The van der Waals surface area contributed by atoms with Gasteiger partial charge < -0.3 is 9.31 Å². The van der Waals surface area contributed by atoms with Crippen LogP contribution in [0.4, 0.5) is 13.2 Å². The van der Waals surface area contributed by atoms with E-state index >= 15 is 0 Å². The Labute approximate surface area is 121 Å². The summed E-state index contributed by atoms with van der Waals surface area (Å²) in [7, 11) is -0.994. The van der Waals surface area contributed by atoms with Gasteiger partial charge in [0.1, 0.15) is 0 Å². The minimum absolute atomic E-state index is 0.103. The molecule has 21 heavy (non-hydrogen) atoms. The molecule has 0 bridgehead atoms. The van der Waals surface area contributed by atoms with Crippen molar-refractivity contribution >= 4 is 12.6 Å². The van der Waals surface area contributed by atoms with E-state index in [0.717, 1.165) is 18.2 Å². The van der Waals surface area contributed by atoms with Crippen LogP contribution in [0.2, 0.25) is 0 Å². The molecular weight excluding hydrogens is 282 g/mol. The highest BCUT2D eigenvalue weighted by Gasteiger charge is 2.52. The van der Waals surface area contributed by atoms with Gasteiger partial charge in [-0.1, -0.05) is 0 Å². The molecule has 0 radical (unpaired) electrons. The lowest BCUT2D eigenvalue weighted by atomic mass is 9.75. The Kier molecular flexibility index (Phi) is 3.59. The van der Waals surface area contributed by atoms with E-state index in [0.29, 0.717) is 0 Å². The van der Waals surface area contributed by atoms with E-state index < -0.39 is 30.1 Å². The number of hydrogen-bond acceptors (Lipinski definition) is 3. The molecule has 7 heteroatoms. The Morgan fingerprint density at radius 2 is 1.62 bits per heavy atom. The fourth-order valence-electron chi connectivity index (χ4n) is 2.01. The van der Waals surface area contributed by atoms with Gasteiger partial charge in [0.2, 0.25) is 0 Å². The summed E-state index contributed by atoms with van der Waals surface area (Å²) in [6.07, 6.45) is -4.48. The first-order chi connectivity index (χ1) is 9.48. The van der Waals surface area contributed by atoms with Crippen LogP contribution in [-0.2, 0) is 15.5 Å². The molecule has 1 fully saturated rings. The molecule has 1 aromatic rings. The lowest BCUT2D eigenvalue weighted by molar-refractivity contribution is -0.137. The van der Waals surface area contributed by atoms with Crippen molar-refractivity contribution in [3.63, 3.8) is 0 Å². The quantitative estimate of drug-likeness (QED) is 0.749. The highest BCUT2D eigenvalue weighted by atomic mass is 19.4. The van der Waals surface area contributed by atoms with E-state index in [4.69, 9.17) is 14.6 Å². The van der Waals surface area contributed by atoms with Crippen LogP contribution in [0.3, 0.4) is 0 Å². The van der Waals surface area contributed by atoms with Gasteiger partial charge >= 0.3 is 13.3 Å². The summed E-state index contributed by atoms with van der Waals surface area (Å²) in [5.74, 6) is 0. The van der Waals surface area contributed by atoms with E-state index in [1.807, 2.05) is 6.07 Å². The maximum Gasteiger partial charge on any atom is 0.496 e. The molecule has 0 atom stereocenters. The first kappa shape index (κ1) is 15.9. The highest BCUT2D eigenvalue weighted by Crippen LogP contribution is 2.37. The Bertz CT molecular complexity index is 589. The van der Waals surface area contributed by atoms with E-state index in [-0.39, 0.29) is 11.0 Å². The molecule has 1 heterocycles. The molecule has 0 unspecified atom stereocenters. The molecule has 2 rings (SSSR count). The Morgan fingerprint density at radius 3 is 2.05 bits per heavy atom. The van der Waals surface area contributed by atoms with Gasteiger partial charge in [0.15, 0.2) is 0 Å². The number of hydrogen-bond donors (Lipinski definition) is 0. The van der Waals surface area contributed by atoms with Gasteiger partial charge in [0, 0.05) is 5.46 Å². The Hall–Kier alpha value is -1.52. The zero-order valence-corrected chi connectivity index (χ0v) is 12.2. The van der Waals surface area contributed by atoms with Crippen molar-refractivity contribution in [2.45, 2.75) is 45.1 Å². The largest absolute Gasteiger partial charge is 0.496 e. The molecule has 0 amide bonds. The summed E-state index contributed by atoms with van der Waals surface area (Å²) in [4.78, 5) is 0. The smallest absolute Gasteiger partial charge is 0.399 e. The van der Waals surface area contributed by atoms with Crippen molar-refractivity contribution in [1.82, 2.24) is 0 Å². The van der Waals surface area contributed by atoms with Crippen LogP contribution in [0.5, 0.6) is 0 Å². The molecule has 0 N–H and O–H groups in total. The second kappa shape index (κ2) is 4.75. The average Bonchev–Trinajstić information content (AvgIpc) is 2.56. The summed E-state index contributed by atoms with van der Waals surface area (Å²) in [5.41, 5.74) is -1.98. The van der Waals surface area contributed by atoms with Crippen LogP contribution in [0.15, 0.2) is 18.2 Å². The van der Waals surface area contributed by atoms with Gasteiger partial charge in [0.25, 0.3) is 0 Å². The predicted octanol–water partition coefficient (Wildman–Crippen LogP) is 2.88. The number of nitrogens with zero attached hydrogens (tertiary/aromatic N) is 1. The van der Waals surface area contributed by atoms with Gasteiger partial charge in [-0.2, -0.15) is 18.4 Å². The summed E-state index contributed by atoms with van der Waals surface area (Å²) < 4.78 is 49.9. The summed E-state index contributed by atoms with van der Waals surface area (Å²) in [5, 5.41) is 9.09. The van der Waals surface area contributed by atoms with Crippen molar-refractivity contribution in [3.8, 4) is 6.07 Å². The lowest BCUT2D eigenvalue weighted by Gasteiger charge is -2.32. The zero-order chi connectivity index (χ0) is 16.1. The van der Waals surface area contributed by atoms with E-state index in [2.05, 4.69) is 0 Å². The van der Waals surface area contributed by atoms with Crippen molar-refractivity contribution in [2.24, 2.45) is 0 Å². The molecule has 1 aliphatic heterocycles. The molecule has 0 aromatic heterocycles. The number of alkyl halides is 3. The number of benzene rings is 1. The second-order valence-corrected chi connectivity index (χ2v) is 6.00. The van der Waals surface area contributed by atoms with Gasteiger partial charge in [0.05, 0.1) is 28.4 Å². The molecular formula is C14H15BF3NO2. The van der Waals surface area contributed by atoms with E-state index in [1.54, 1.807) is 27.7 Å². The summed E-state index contributed by atoms with van der Waals surface area (Å²) >= 11 is 0. The van der Waals surface area contributed by atoms with Gasteiger partial charge in [-0.3, -0.25) is 0 Å². The van der Waals surface area contributed by atoms with Gasteiger partial charge in [-0.05, 0) is 45.9 Å². The van der Waals surface area contributed by atoms with Crippen LogP contribution in [0, 0.1) is 11.3 Å². The highest BCUT2D eigenvalue weighted by molar-refractivity contribution is 6.62. The van der Waals surface area contributed by atoms with Crippen molar-refractivity contribution in [2.75, 3.05) is 0 Å². The standard InChI is InChI=1S/C14H15BF3NO2/c1-12(2)13(3,4)21-15(20-12)11-7-10(14(16,17)18)6-5-9(11)8-19/h5-7H,1-4H3. The number of halogens is 3. The fourth-order valence-corrected chi connectivity index (χ4v) is 2.01. The lowest BCUT2D eigenvalue weighted by Crippen LogP contribution is -2.41. The number of nitriles is 1. The average molecular weight is 297 g/mol. The van der Waals surface area contributed by atoms with E-state index in [1.165, 1.54) is 0 Å². The maximum atomic E-state index is 12.8. The molecule has 0 spiro atoms. The van der Waals surface area contributed by atoms with Crippen LogP contribution in [-0.4, -0.2) is 18.3 Å². The SMILES string of the molecule is CC1(C)OB(c2cc(C(F)(F)F)ccc2C#N)OC1(C)C. The van der Waals surface area contributed by atoms with Crippen molar-refractivity contribution < 1.29 is 22.5 Å². The monoisotopic (exact) mass is 297 g/mol. The van der Waals surface area contributed by atoms with Crippen LogP contribution in [0.1, 0.15) is 38.8 Å². The normalized spacial score (nSPS) is 20.4. The maximum absolute atomic E-state index is 12.8. The Morgan fingerprint density at radius 1 is 1.10 bits per heavy atom. The molecule has 1 aliphatic rings. The van der Waals surface area contributed by atoms with Crippen LogP contribution in [0.25, 0.3) is 0 Å². The first-order valence-corrected chi connectivity index (χ1v) is 6.45. The second-order valence-electron chi connectivity index (χ2n) is 6.00. The van der Waals surface area contributed by atoms with Gasteiger partial charge in [-0.25, -0.2) is 0 Å². The third kappa shape index (κ3) is 2.78. The minimum Gasteiger partial charge on any atom is -0.399 e. The molecule has 112 valence electrons. The molecule has 0 saturated carbocycles. The van der Waals surface area contributed by atoms with Crippen LogP contribution < -0.4 is 5.46 Å². The minimum atomic E-state index is -4.48. The third-order valence-corrected chi connectivity index (χ3v) is 4.01. The molecule has 0 aliphatic carbocycles.